The summed E-state index contributed by atoms with van der Waals surface area (Å²) in [5.74, 6) is -0.152. The van der Waals surface area contributed by atoms with Crippen molar-refractivity contribution >= 4 is 21.7 Å². The third kappa shape index (κ3) is 2.25. The molecule has 0 fully saturated rings. The van der Waals surface area contributed by atoms with E-state index < -0.39 is 0 Å². The number of hydrogen-bond acceptors (Lipinski definition) is 2. The van der Waals surface area contributed by atoms with E-state index >= 15 is 0 Å². The average molecular weight is 278 g/mol. The third-order valence-corrected chi connectivity index (χ3v) is 3.22. The van der Waals surface area contributed by atoms with Crippen molar-refractivity contribution in [3.8, 4) is 0 Å². The number of carbonyl (C=O) groups is 1. The molecule has 1 aliphatic rings. The minimum atomic E-state index is -0.234. The lowest BCUT2D eigenvalue weighted by Gasteiger charge is -2.19. The fourth-order valence-electron chi connectivity index (χ4n) is 1.73. The molecule has 0 saturated carbocycles. The topological polar surface area (TPSA) is 43.1 Å². The van der Waals surface area contributed by atoms with E-state index in [1.807, 2.05) is 36.4 Å². The van der Waals surface area contributed by atoms with Gasteiger partial charge in [-0.1, -0.05) is 52.3 Å². The van der Waals surface area contributed by atoms with Gasteiger partial charge in [-0.2, -0.15) is 0 Å². The quantitative estimate of drug-likeness (QED) is 0.845. The first-order valence-corrected chi connectivity index (χ1v) is 5.89. The Morgan fingerprint density at radius 2 is 1.94 bits per heavy atom. The summed E-state index contributed by atoms with van der Waals surface area (Å²) in [7, 11) is 0. The van der Waals surface area contributed by atoms with E-state index in [4.69, 9.17) is 5.73 Å². The molecule has 0 aliphatic heterocycles. The maximum absolute atomic E-state index is 12.2. The van der Waals surface area contributed by atoms with Gasteiger partial charge >= 0.3 is 0 Å². The zero-order chi connectivity index (χ0) is 11.5. The number of Topliss-reactive ketones (excluding diaryl/α,β-unsaturated/α-hetero) is 1. The second kappa shape index (κ2) is 4.66. The molecule has 1 unspecified atom stereocenters. The van der Waals surface area contributed by atoms with Crippen LogP contribution >= 0.6 is 15.9 Å². The first-order chi connectivity index (χ1) is 7.68. The van der Waals surface area contributed by atoms with Gasteiger partial charge < -0.3 is 5.73 Å². The Morgan fingerprint density at radius 1 is 1.25 bits per heavy atom. The number of rotatable bonds is 2. The number of nitrogens with two attached hydrogens (primary N) is 1. The van der Waals surface area contributed by atoms with Gasteiger partial charge in [0.25, 0.3) is 0 Å². The molecule has 0 saturated heterocycles. The Morgan fingerprint density at radius 3 is 2.62 bits per heavy atom. The molecule has 2 N–H and O–H groups in total. The Balaban J connectivity index is 2.24. The summed E-state index contributed by atoms with van der Waals surface area (Å²) in [6.45, 7) is 0. The SMILES string of the molecule is NC1=CC=C(Br)CC1C(=O)c1ccccc1. The number of allylic oxidation sites excluding steroid dienone is 4. The van der Waals surface area contributed by atoms with Gasteiger partial charge in [-0.05, 0) is 17.0 Å². The predicted molar refractivity (Wildman–Crippen MR) is 68.2 cm³/mol. The fraction of sp³-hybridized carbons (Fsp3) is 0.154. The molecule has 1 aromatic rings. The molecule has 2 rings (SSSR count). The molecule has 3 heteroatoms. The van der Waals surface area contributed by atoms with Crippen LogP contribution in [0.5, 0.6) is 0 Å². The van der Waals surface area contributed by atoms with Gasteiger partial charge in [0, 0.05) is 11.3 Å². The lowest BCUT2D eigenvalue weighted by molar-refractivity contribution is 0.0938. The first kappa shape index (κ1) is 11.1. The van der Waals surface area contributed by atoms with E-state index in [1.165, 1.54) is 0 Å². The van der Waals surface area contributed by atoms with Crippen LogP contribution in [-0.2, 0) is 0 Å². The number of hydrogen-bond donors (Lipinski definition) is 1. The minimum absolute atomic E-state index is 0.0828. The van der Waals surface area contributed by atoms with E-state index in [9.17, 15) is 4.79 Å². The summed E-state index contributed by atoms with van der Waals surface area (Å²) < 4.78 is 1.01. The second-order valence-electron chi connectivity index (χ2n) is 3.77. The molecule has 0 spiro atoms. The van der Waals surface area contributed by atoms with Crippen LogP contribution in [0.1, 0.15) is 16.8 Å². The molecule has 0 bridgehead atoms. The Kier molecular flexibility index (Phi) is 3.25. The zero-order valence-electron chi connectivity index (χ0n) is 8.69. The largest absolute Gasteiger partial charge is 0.401 e. The van der Waals surface area contributed by atoms with Crippen molar-refractivity contribution in [2.45, 2.75) is 6.42 Å². The molecule has 16 heavy (non-hydrogen) atoms. The smallest absolute Gasteiger partial charge is 0.172 e. The van der Waals surface area contributed by atoms with Crippen LogP contribution in [0.3, 0.4) is 0 Å². The van der Waals surface area contributed by atoms with Gasteiger partial charge in [-0.3, -0.25) is 4.79 Å². The lowest BCUT2D eigenvalue weighted by Crippen LogP contribution is -2.23. The highest BCUT2D eigenvalue weighted by Gasteiger charge is 2.24. The standard InChI is InChI=1S/C13H12BrNO/c14-10-6-7-12(15)11(8-10)13(16)9-4-2-1-3-5-9/h1-7,11H,8,15H2. The van der Waals surface area contributed by atoms with Gasteiger partial charge in [-0.15, -0.1) is 0 Å². The maximum Gasteiger partial charge on any atom is 0.172 e. The Bertz CT molecular complexity index is 462. The summed E-state index contributed by atoms with van der Waals surface area (Å²) in [5.41, 5.74) is 7.20. The summed E-state index contributed by atoms with van der Waals surface area (Å²) in [4.78, 5) is 12.2. The van der Waals surface area contributed by atoms with E-state index in [-0.39, 0.29) is 11.7 Å². The molecule has 0 radical (unpaired) electrons. The zero-order valence-corrected chi connectivity index (χ0v) is 10.3. The van der Waals surface area contributed by atoms with Crippen molar-refractivity contribution in [1.29, 1.82) is 0 Å². The van der Waals surface area contributed by atoms with Crippen molar-refractivity contribution in [3.63, 3.8) is 0 Å². The second-order valence-corrected chi connectivity index (χ2v) is 4.79. The molecule has 1 atom stereocenters. The van der Waals surface area contributed by atoms with Crippen molar-refractivity contribution in [3.05, 3.63) is 58.2 Å². The van der Waals surface area contributed by atoms with Gasteiger partial charge in [-0.25, -0.2) is 0 Å². The number of halogens is 1. The average Bonchev–Trinajstić information content (AvgIpc) is 2.32. The van der Waals surface area contributed by atoms with Gasteiger partial charge in [0.2, 0.25) is 0 Å². The van der Waals surface area contributed by atoms with Crippen LogP contribution < -0.4 is 5.73 Å². The summed E-state index contributed by atoms with van der Waals surface area (Å²) in [6, 6.07) is 9.26. The molecule has 0 aromatic heterocycles. The highest BCUT2D eigenvalue weighted by atomic mass is 79.9. The lowest BCUT2D eigenvalue weighted by atomic mass is 9.89. The third-order valence-electron chi connectivity index (χ3n) is 2.63. The monoisotopic (exact) mass is 277 g/mol. The first-order valence-electron chi connectivity index (χ1n) is 5.09. The van der Waals surface area contributed by atoms with Crippen molar-refractivity contribution < 1.29 is 4.79 Å². The maximum atomic E-state index is 12.2. The van der Waals surface area contributed by atoms with Crippen LogP contribution in [0.4, 0.5) is 0 Å². The molecule has 1 aliphatic carbocycles. The van der Waals surface area contributed by atoms with Gasteiger partial charge in [0.1, 0.15) is 0 Å². The Hall–Kier alpha value is -1.35. The Labute approximate surface area is 103 Å². The number of ketones is 1. The molecular formula is C13H12BrNO. The van der Waals surface area contributed by atoms with Crippen molar-refractivity contribution in [2.75, 3.05) is 0 Å². The highest BCUT2D eigenvalue weighted by molar-refractivity contribution is 9.11. The van der Waals surface area contributed by atoms with Gasteiger partial charge in [0.05, 0.1) is 5.92 Å². The molecule has 0 heterocycles. The normalized spacial score (nSPS) is 19.9. The van der Waals surface area contributed by atoms with Crippen molar-refractivity contribution in [2.24, 2.45) is 11.7 Å². The molecule has 1 aromatic carbocycles. The summed E-state index contributed by atoms with van der Waals surface area (Å²) in [5, 5.41) is 0. The fourth-order valence-corrected chi connectivity index (χ4v) is 2.19. The minimum Gasteiger partial charge on any atom is -0.401 e. The summed E-state index contributed by atoms with van der Waals surface area (Å²) in [6.07, 6.45) is 4.33. The van der Waals surface area contributed by atoms with E-state index in [2.05, 4.69) is 15.9 Å². The summed E-state index contributed by atoms with van der Waals surface area (Å²) >= 11 is 3.41. The van der Waals surface area contributed by atoms with E-state index in [0.29, 0.717) is 17.7 Å². The van der Waals surface area contributed by atoms with E-state index in [1.54, 1.807) is 6.08 Å². The van der Waals surface area contributed by atoms with Crippen LogP contribution in [0, 0.1) is 5.92 Å². The van der Waals surface area contributed by atoms with Crippen LogP contribution in [0.2, 0.25) is 0 Å². The highest BCUT2D eigenvalue weighted by Crippen LogP contribution is 2.28. The van der Waals surface area contributed by atoms with E-state index in [0.717, 1.165) is 4.48 Å². The van der Waals surface area contributed by atoms with Crippen molar-refractivity contribution in [1.82, 2.24) is 0 Å². The van der Waals surface area contributed by atoms with Crippen LogP contribution in [-0.4, -0.2) is 5.78 Å². The number of benzene rings is 1. The number of carbonyl (C=O) groups excluding carboxylic acids is 1. The molecule has 82 valence electrons. The predicted octanol–water partition coefficient (Wildman–Crippen LogP) is 3.01. The van der Waals surface area contributed by atoms with Crippen LogP contribution in [0.25, 0.3) is 0 Å². The van der Waals surface area contributed by atoms with Gasteiger partial charge in [0.15, 0.2) is 5.78 Å². The molecule has 0 amide bonds. The van der Waals surface area contributed by atoms with Crippen LogP contribution in [0.15, 0.2) is 52.7 Å². The molecule has 2 nitrogen and oxygen atoms in total. The molecular weight excluding hydrogens is 266 g/mol.